The molecule has 0 bridgehead atoms. The number of anilines is 1. The normalized spacial score (nSPS) is 10.7. The molecule has 0 aliphatic rings. The van der Waals surface area contributed by atoms with Gasteiger partial charge in [0.25, 0.3) is 0 Å². The SMILES string of the molecule is Cn1cnc(Oc2ncnc3ccc(N)cc23)n1. The first-order valence-corrected chi connectivity index (χ1v) is 5.26. The third kappa shape index (κ3) is 1.81. The Labute approximate surface area is 102 Å². The second kappa shape index (κ2) is 3.95. The van der Waals surface area contributed by atoms with Crippen LogP contribution in [0.2, 0.25) is 0 Å². The first kappa shape index (κ1) is 10.5. The van der Waals surface area contributed by atoms with Crippen LogP contribution in [0.3, 0.4) is 0 Å². The molecule has 0 spiro atoms. The van der Waals surface area contributed by atoms with Gasteiger partial charge < -0.3 is 10.5 Å². The zero-order valence-electron chi connectivity index (χ0n) is 9.61. The third-order valence-corrected chi connectivity index (χ3v) is 2.39. The lowest BCUT2D eigenvalue weighted by atomic mass is 10.2. The van der Waals surface area contributed by atoms with Crippen LogP contribution in [0.1, 0.15) is 0 Å². The number of rotatable bonds is 2. The van der Waals surface area contributed by atoms with E-state index >= 15 is 0 Å². The molecule has 0 unspecified atom stereocenters. The molecule has 0 atom stereocenters. The fourth-order valence-corrected chi connectivity index (χ4v) is 1.58. The van der Waals surface area contributed by atoms with Crippen molar-refractivity contribution in [3.8, 4) is 11.9 Å². The van der Waals surface area contributed by atoms with Gasteiger partial charge >= 0.3 is 6.01 Å². The molecule has 3 aromatic rings. The van der Waals surface area contributed by atoms with Crippen molar-refractivity contribution < 1.29 is 4.74 Å². The minimum absolute atomic E-state index is 0.236. The number of hydrogen-bond donors (Lipinski definition) is 1. The summed E-state index contributed by atoms with van der Waals surface area (Å²) in [5, 5.41) is 4.75. The van der Waals surface area contributed by atoms with Crippen molar-refractivity contribution in [2.24, 2.45) is 7.05 Å². The van der Waals surface area contributed by atoms with Crippen molar-refractivity contribution in [2.75, 3.05) is 5.73 Å². The number of nitrogens with zero attached hydrogens (tertiary/aromatic N) is 5. The summed E-state index contributed by atoms with van der Waals surface area (Å²) in [6.07, 6.45) is 2.98. The van der Waals surface area contributed by atoms with Crippen molar-refractivity contribution in [1.29, 1.82) is 0 Å². The number of hydrogen-bond acceptors (Lipinski definition) is 6. The highest BCUT2D eigenvalue weighted by Gasteiger charge is 2.08. The van der Waals surface area contributed by atoms with Gasteiger partial charge in [-0.25, -0.2) is 9.97 Å². The van der Waals surface area contributed by atoms with Crippen molar-refractivity contribution in [2.45, 2.75) is 0 Å². The zero-order chi connectivity index (χ0) is 12.5. The molecule has 7 heteroatoms. The number of nitrogen functional groups attached to an aromatic ring is 1. The predicted octanol–water partition coefficient (Wildman–Crippen LogP) is 1.13. The Morgan fingerprint density at radius 3 is 2.89 bits per heavy atom. The molecular weight excluding hydrogens is 232 g/mol. The standard InChI is InChI=1S/C11H10N6O/c1-17-6-15-11(16-17)18-10-8-4-7(12)2-3-9(8)13-5-14-10/h2-6H,12H2,1H3. The number of aryl methyl sites for hydroxylation is 1. The lowest BCUT2D eigenvalue weighted by Crippen LogP contribution is -1.95. The summed E-state index contributed by atoms with van der Waals surface area (Å²) >= 11 is 0. The lowest BCUT2D eigenvalue weighted by Gasteiger charge is -2.04. The monoisotopic (exact) mass is 242 g/mol. The van der Waals surface area contributed by atoms with E-state index in [1.165, 1.54) is 6.33 Å². The molecule has 2 heterocycles. The maximum Gasteiger partial charge on any atom is 0.342 e. The topological polar surface area (TPSA) is 91.7 Å². The molecule has 0 aliphatic heterocycles. The van der Waals surface area contributed by atoms with Crippen LogP contribution in [0, 0.1) is 0 Å². The zero-order valence-corrected chi connectivity index (χ0v) is 9.61. The van der Waals surface area contributed by atoms with E-state index in [1.54, 1.807) is 30.2 Å². The first-order chi connectivity index (χ1) is 8.72. The molecule has 2 N–H and O–H groups in total. The predicted molar refractivity (Wildman–Crippen MR) is 65.0 cm³/mol. The molecule has 7 nitrogen and oxygen atoms in total. The van der Waals surface area contributed by atoms with Gasteiger partial charge in [-0.1, -0.05) is 0 Å². The van der Waals surface area contributed by atoms with Gasteiger partial charge in [0.05, 0.1) is 10.9 Å². The van der Waals surface area contributed by atoms with Gasteiger partial charge in [0.2, 0.25) is 5.88 Å². The fraction of sp³-hybridized carbons (Fsp3) is 0.0909. The van der Waals surface area contributed by atoms with Gasteiger partial charge in [-0.3, -0.25) is 4.68 Å². The van der Waals surface area contributed by atoms with Gasteiger partial charge in [-0.2, -0.15) is 4.98 Å². The summed E-state index contributed by atoms with van der Waals surface area (Å²) in [4.78, 5) is 12.2. The van der Waals surface area contributed by atoms with E-state index in [1.807, 2.05) is 6.07 Å². The average molecular weight is 242 g/mol. The Bertz CT molecular complexity index is 708. The molecule has 0 fully saturated rings. The summed E-state index contributed by atoms with van der Waals surface area (Å²) in [7, 11) is 1.76. The minimum Gasteiger partial charge on any atom is -0.403 e. The number of ether oxygens (including phenoxy) is 1. The molecule has 0 aliphatic carbocycles. The number of aromatic nitrogens is 5. The van der Waals surface area contributed by atoms with Crippen LogP contribution in [-0.4, -0.2) is 24.7 Å². The number of nitrogens with two attached hydrogens (primary N) is 1. The maximum absolute atomic E-state index is 5.74. The Morgan fingerprint density at radius 2 is 2.11 bits per heavy atom. The van der Waals surface area contributed by atoms with Crippen LogP contribution in [-0.2, 0) is 7.05 Å². The molecule has 0 saturated carbocycles. The van der Waals surface area contributed by atoms with Gasteiger partial charge in [-0.05, 0) is 18.2 Å². The highest BCUT2D eigenvalue weighted by atomic mass is 16.5. The second-order valence-electron chi connectivity index (χ2n) is 3.76. The van der Waals surface area contributed by atoms with Gasteiger partial charge in [-0.15, -0.1) is 5.10 Å². The van der Waals surface area contributed by atoms with E-state index < -0.39 is 0 Å². The van der Waals surface area contributed by atoms with E-state index in [0.29, 0.717) is 11.6 Å². The van der Waals surface area contributed by atoms with Crippen LogP contribution < -0.4 is 10.5 Å². The van der Waals surface area contributed by atoms with E-state index in [4.69, 9.17) is 10.5 Å². The third-order valence-electron chi connectivity index (χ3n) is 2.39. The van der Waals surface area contributed by atoms with Crippen LogP contribution in [0.25, 0.3) is 10.9 Å². The number of fused-ring (bicyclic) bond motifs is 1. The first-order valence-electron chi connectivity index (χ1n) is 5.26. The van der Waals surface area contributed by atoms with Crippen molar-refractivity contribution in [3.05, 3.63) is 30.9 Å². The summed E-state index contributed by atoms with van der Waals surface area (Å²) < 4.78 is 7.07. The lowest BCUT2D eigenvalue weighted by molar-refractivity contribution is 0.427. The van der Waals surface area contributed by atoms with Crippen molar-refractivity contribution in [1.82, 2.24) is 24.7 Å². The van der Waals surface area contributed by atoms with E-state index in [0.717, 1.165) is 10.9 Å². The fourth-order valence-electron chi connectivity index (χ4n) is 1.58. The molecule has 0 saturated heterocycles. The van der Waals surface area contributed by atoms with Gasteiger partial charge in [0.15, 0.2) is 0 Å². The molecule has 90 valence electrons. The Balaban J connectivity index is 2.08. The van der Waals surface area contributed by atoms with Crippen LogP contribution in [0.15, 0.2) is 30.9 Å². The molecule has 18 heavy (non-hydrogen) atoms. The largest absolute Gasteiger partial charge is 0.403 e. The quantitative estimate of drug-likeness (QED) is 0.677. The summed E-state index contributed by atoms with van der Waals surface area (Å²) in [5.74, 6) is 0.388. The molecular formula is C11H10N6O. The Morgan fingerprint density at radius 1 is 1.22 bits per heavy atom. The van der Waals surface area contributed by atoms with E-state index in [2.05, 4.69) is 20.1 Å². The summed E-state index contributed by atoms with van der Waals surface area (Å²) in [6.45, 7) is 0. The van der Waals surface area contributed by atoms with E-state index in [9.17, 15) is 0 Å². The second-order valence-corrected chi connectivity index (χ2v) is 3.76. The van der Waals surface area contributed by atoms with Crippen LogP contribution in [0.5, 0.6) is 11.9 Å². The van der Waals surface area contributed by atoms with Crippen LogP contribution >= 0.6 is 0 Å². The highest BCUT2D eigenvalue weighted by molar-refractivity contribution is 5.86. The molecule has 0 radical (unpaired) electrons. The Kier molecular flexibility index (Phi) is 2.30. The highest BCUT2D eigenvalue weighted by Crippen LogP contribution is 2.25. The molecule has 2 aromatic heterocycles. The van der Waals surface area contributed by atoms with Crippen molar-refractivity contribution in [3.63, 3.8) is 0 Å². The molecule has 1 aromatic carbocycles. The number of benzene rings is 1. The molecule has 0 amide bonds. The smallest absolute Gasteiger partial charge is 0.342 e. The van der Waals surface area contributed by atoms with Gasteiger partial charge in [0, 0.05) is 12.7 Å². The van der Waals surface area contributed by atoms with Gasteiger partial charge in [0.1, 0.15) is 12.7 Å². The average Bonchev–Trinajstić information content (AvgIpc) is 2.76. The molecule has 3 rings (SSSR count). The van der Waals surface area contributed by atoms with Crippen molar-refractivity contribution >= 4 is 16.6 Å². The summed E-state index contributed by atoms with van der Waals surface area (Å²) in [6, 6.07) is 5.58. The van der Waals surface area contributed by atoms with E-state index in [-0.39, 0.29) is 6.01 Å². The Hall–Kier alpha value is -2.70. The maximum atomic E-state index is 5.74. The minimum atomic E-state index is 0.236. The van der Waals surface area contributed by atoms with Crippen LogP contribution in [0.4, 0.5) is 5.69 Å². The summed E-state index contributed by atoms with van der Waals surface area (Å²) in [5.41, 5.74) is 7.12.